The highest BCUT2D eigenvalue weighted by molar-refractivity contribution is 5.26. The highest BCUT2D eigenvalue weighted by atomic mass is 19.1. The van der Waals surface area contributed by atoms with Gasteiger partial charge in [-0.1, -0.05) is 13.0 Å². The van der Waals surface area contributed by atoms with Gasteiger partial charge in [0, 0.05) is 12.6 Å². The monoisotopic (exact) mass is 292 g/mol. The molecule has 0 saturated carbocycles. The maximum atomic E-state index is 13.1. The first kappa shape index (κ1) is 16.4. The lowest BCUT2D eigenvalue weighted by Gasteiger charge is -2.35. The van der Waals surface area contributed by atoms with E-state index >= 15 is 0 Å². The summed E-state index contributed by atoms with van der Waals surface area (Å²) >= 11 is 0. The van der Waals surface area contributed by atoms with Gasteiger partial charge in [-0.05, 0) is 81.9 Å². The zero-order chi connectivity index (χ0) is 15.2. The van der Waals surface area contributed by atoms with Gasteiger partial charge in [-0.15, -0.1) is 0 Å². The number of hydrogen-bond acceptors (Lipinski definition) is 2. The van der Waals surface area contributed by atoms with E-state index in [0.717, 1.165) is 37.7 Å². The van der Waals surface area contributed by atoms with Crippen LogP contribution in [-0.4, -0.2) is 30.6 Å². The second kappa shape index (κ2) is 7.90. The minimum Gasteiger partial charge on any atom is -0.314 e. The van der Waals surface area contributed by atoms with Crippen molar-refractivity contribution in [3.63, 3.8) is 0 Å². The summed E-state index contributed by atoms with van der Waals surface area (Å²) in [5.41, 5.74) is 2.32. The van der Waals surface area contributed by atoms with Crippen LogP contribution in [-0.2, 0) is 6.54 Å². The van der Waals surface area contributed by atoms with Gasteiger partial charge in [0.25, 0.3) is 0 Å². The van der Waals surface area contributed by atoms with Crippen LogP contribution >= 0.6 is 0 Å². The van der Waals surface area contributed by atoms with Gasteiger partial charge in [0.05, 0.1) is 0 Å². The van der Waals surface area contributed by atoms with Crippen molar-refractivity contribution in [2.24, 2.45) is 5.92 Å². The van der Waals surface area contributed by atoms with Gasteiger partial charge in [0.15, 0.2) is 0 Å². The van der Waals surface area contributed by atoms with Gasteiger partial charge in [-0.3, -0.25) is 4.90 Å². The van der Waals surface area contributed by atoms with E-state index in [0.29, 0.717) is 6.04 Å². The molecule has 1 atom stereocenters. The highest BCUT2D eigenvalue weighted by Crippen LogP contribution is 2.23. The predicted molar refractivity (Wildman–Crippen MR) is 86.9 cm³/mol. The lowest BCUT2D eigenvalue weighted by molar-refractivity contribution is 0.156. The first-order valence-corrected chi connectivity index (χ1v) is 8.31. The van der Waals surface area contributed by atoms with Gasteiger partial charge in [0.1, 0.15) is 5.82 Å². The van der Waals surface area contributed by atoms with Crippen LogP contribution in [0.4, 0.5) is 4.39 Å². The molecule has 3 heteroatoms. The third-order valence-corrected chi connectivity index (χ3v) is 4.75. The standard InChI is InChI=1S/C18H29FN2/c1-4-9-20-15(3)16-7-10-21(11-8-16)13-17-5-6-18(19)12-14(17)2/h5-6,12,15-16,20H,4,7-11,13H2,1-3H3. The minimum absolute atomic E-state index is 0.134. The second-order valence-corrected chi connectivity index (χ2v) is 6.43. The van der Waals surface area contributed by atoms with Gasteiger partial charge >= 0.3 is 0 Å². The summed E-state index contributed by atoms with van der Waals surface area (Å²) in [6.45, 7) is 10.9. The average Bonchev–Trinajstić information content (AvgIpc) is 2.48. The Kier molecular flexibility index (Phi) is 6.19. The van der Waals surface area contributed by atoms with Gasteiger partial charge < -0.3 is 5.32 Å². The van der Waals surface area contributed by atoms with Crippen molar-refractivity contribution < 1.29 is 4.39 Å². The Morgan fingerprint density at radius 2 is 2.05 bits per heavy atom. The molecule has 0 spiro atoms. The van der Waals surface area contributed by atoms with Crippen LogP contribution in [0.15, 0.2) is 18.2 Å². The molecule has 0 bridgehead atoms. The number of nitrogens with one attached hydrogen (secondary N) is 1. The number of halogens is 1. The number of likely N-dealkylation sites (tertiary alicyclic amines) is 1. The van der Waals surface area contributed by atoms with Crippen LogP contribution in [0, 0.1) is 18.7 Å². The summed E-state index contributed by atoms with van der Waals surface area (Å²) in [6.07, 6.45) is 3.73. The van der Waals surface area contributed by atoms with Crippen molar-refractivity contribution >= 4 is 0 Å². The number of hydrogen-bond donors (Lipinski definition) is 1. The summed E-state index contributed by atoms with van der Waals surface area (Å²) in [7, 11) is 0. The van der Waals surface area contributed by atoms with Gasteiger partial charge in [-0.25, -0.2) is 4.39 Å². The molecule has 21 heavy (non-hydrogen) atoms. The maximum absolute atomic E-state index is 13.1. The van der Waals surface area contributed by atoms with E-state index in [2.05, 4.69) is 24.1 Å². The Morgan fingerprint density at radius 3 is 2.67 bits per heavy atom. The number of rotatable bonds is 6. The normalized spacial score (nSPS) is 18.9. The van der Waals surface area contributed by atoms with E-state index in [4.69, 9.17) is 0 Å². The third-order valence-electron chi connectivity index (χ3n) is 4.75. The lowest BCUT2D eigenvalue weighted by Crippen LogP contribution is -2.42. The highest BCUT2D eigenvalue weighted by Gasteiger charge is 2.23. The summed E-state index contributed by atoms with van der Waals surface area (Å²) < 4.78 is 13.1. The first-order chi connectivity index (χ1) is 10.1. The van der Waals surface area contributed by atoms with Crippen molar-refractivity contribution in [1.29, 1.82) is 0 Å². The average molecular weight is 292 g/mol. The molecule has 0 amide bonds. The molecule has 0 radical (unpaired) electrons. The SMILES string of the molecule is CCCNC(C)C1CCN(Cc2ccc(F)cc2C)CC1. The summed E-state index contributed by atoms with van der Waals surface area (Å²) in [4.78, 5) is 2.50. The molecular weight excluding hydrogens is 263 g/mol. The van der Waals surface area contributed by atoms with E-state index in [1.165, 1.54) is 24.8 Å². The fraction of sp³-hybridized carbons (Fsp3) is 0.667. The molecule has 1 aromatic rings. The molecule has 1 aliphatic heterocycles. The van der Waals surface area contributed by atoms with Crippen LogP contribution in [0.25, 0.3) is 0 Å². The quantitative estimate of drug-likeness (QED) is 0.859. The van der Waals surface area contributed by atoms with E-state index < -0.39 is 0 Å². The van der Waals surface area contributed by atoms with Crippen LogP contribution < -0.4 is 5.32 Å². The van der Waals surface area contributed by atoms with Crippen LogP contribution in [0.3, 0.4) is 0 Å². The molecule has 118 valence electrons. The van der Waals surface area contributed by atoms with E-state index in [9.17, 15) is 4.39 Å². The molecule has 0 aromatic heterocycles. The van der Waals surface area contributed by atoms with E-state index in [1.807, 2.05) is 13.0 Å². The van der Waals surface area contributed by atoms with Crippen LogP contribution in [0.2, 0.25) is 0 Å². The van der Waals surface area contributed by atoms with Crippen molar-refractivity contribution in [2.75, 3.05) is 19.6 Å². The van der Waals surface area contributed by atoms with E-state index in [-0.39, 0.29) is 5.82 Å². The van der Waals surface area contributed by atoms with Crippen molar-refractivity contribution in [3.8, 4) is 0 Å². The molecular formula is C18H29FN2. The van der Waals surface area contributed by atoms with Gasteiger partial charge in [-0.2, -0.15) is 0 Å². The largest absolute Gasteiger partial charge is 0.314 e. The predicted octanol–water partition coefficient (Wildman–Crippen LogP) is 3.73. The molecule has 1 heterocycles. The van der Waals surface area contributed by atoms with Crippen molar-refractivity contribution in [1.82, 2.24) is 10.2 Å². The first-order valence-electron chi connectivity index (χ1n) is 8.31. The number of aryl methyl sites for hydroxylation is 1. The minimum atomic E-state index is -0.134. The van der Waals surface area contributed by atoms with E-state index in [1.54, 1.807) is 12.1 Å². The second-order valence-electron chi connectivity index (χ2n) is 6.43. The fourth-order valence-corrected chi connectivity index (χ4v) is 3.23. The topological polar surface area (TPSA) is 15.3 Å². The molecule has 1 unspecified atom stereocenters. The number of nitrogens with zero attached hydrogens (tertiary/aromatic N) is 1. The summed E-state index contributed by atoms with van der Waals surface area (Å²) in [5.74, 6) is 0.660. The molecule has 0 aliphatic carbocycles. The fourth-order valence-electron chi connectivity index (χ4n) is 3.23. The molecule has 1 N–H and O–H groups in total. The Morgan fingerprint density at radius 1 is 1.33 bits per heavy atom. The van der Waals surface area contributed by atoms with Crippen molar-refractivity contribution in [3.05, 3.63) is 35.1 Å². The maximum Gasteiger partial charge on any atom is 0.123 e. The summed E-state index contributed by atoms with van der Waals surface area (Å²) in [6, 6.07) is 5.77. The Balaban J connectivity index is 1.81. The lowest BCUT2D eigenvalue weighted by atomic mass is 9.90. The van der Waals surface area contributed by atoms with Crippen molar-refractivity contribution in [2.45, 2.75) is 52.6 Å². The molecule has 2 rings (SSSR count). The summed E-state index contributed by atoms with van der Waals surface area (Å²) in [5, 5.41) is 3.62. The van der Waals surface area contributed by atoms with Gasteiger partial charge in [0.2, 0.25) is 0 Å². The number of piperidine rings is 1. The third kappa shape index (κ3) is 4.79. The molecule has 1 saturated heterocycles. The molecule has 1 fully saturated rings. The zero-order valence-electron chi connectivity index (χ0n) is 13.7. The molecule has 1 aliphatic rings. The number of benzene rings is 1. The molecule has 1 aromatic carbocycles. The molecule has 2 nitrogen and oxygen atoms in total. The van der Waals surface area contributed by atoms with Crippen LogP contribution in [0.5, 0.6) is 0 Å². The Hall–Kier alpha value is -0.930. The van der Waals surface area contributed by atoms with Crippen LogP contribution in [0.1, 0.15) is 44.2 Å². The zero-order valence-corrected chi connectivity index (χ0v) is 13.7. The Labute approximate surface area is 128 Å². The smallest absolute Gasteiger partial charge is 0.123 e. The Bertz CT molecular complexity index is 439.